The van der Waals surface area contributed by atoms with Crippen LogP contribution in [0.4, 0.5) is 0 Å². The molecule has 1 amide bonds. The summed E-state index contributed by atoms with van der Waals surface area (Å²) in [7, 11) is 0. The number of rotatable bonds is 4. The second-order valence-corrected chi connectivity index (χ2v) is 4.47. The van der Waals surface area contributed by atoms with Crippen molar-refractivity contribution < 1.29 is 9.21 Å². The van der Waals surface area contributed by atoms with Gasteiger partial charge in [0.05, 0.1) is 0 Å². The van der Waals surface area contributed by atoms with Gasteiger partial charge in [-0.3, -0.25) is 4.79 Å². The van der Waals surface area contributed by atoms with Crippen molar-refractivity contribution >= 4 is 17.5 Å². The minimum atomic E-state index is -0.212. The van der Waals surface area contributed by atoms with Crippen molar-refractivity contribution in [2.24, 2.45) is 0 Å². The smallest absolute Gasteiger partial charge is 0.234 e. The topological polar surface area (TPSA) is 42.2 Å². The lowest BCUT2D eigenvalue weighted by molar-refractivity contribution is -0.118. The fourth-order valence-electron chi connectivity index (χ4n) is 1.25. The summed E-state index contributed by atoms with van der Waals surface area (Å²) >= 11 is 5.40. The van der Waals surface area contributed by atoms with Gasteiger partial charge < -0.3 is 9.73 Å². The van der Waals surface area contributed by atoms with Crippen LogP contribution in [0.5, 0.6) is 0 Å². The number of nitrogens with one attached hydrogen (secondary N) is 1. The summed E-state index contributed by atoms with van der Waals surface area (Å²) in [6.45, 7) is 6.45. The number of halogens is 1. The lowest BCUT2D eigenvalue weighted by atomic mass is 9.90. The zero-order valence-electron chi connectivity index (χ0n) is 9.26. The molecule has 0 saturated heterocycles. The van der Waals surface area contributed by atoms with E-state index in [0.717, 1.165) is 11.5 Å². The van der Waals surface area contributed by atoms with E-state index < -0.39 is 0 Å². The Kier molecular flexibility index (Phi) is 3.80. The van der Waals surface area contributed by atoms with Crippen molar-refractivity contribution in [3.8, 4) is 0 Å². The minimum Gasteiger partial charge on any atom is -0.466 e. The summed E-state index contributed by atoms with van der Waals surface area (Å²) in [4.78, 5) is 11.0. The van der Waals surface area contributed by atoms with Crippen LogP contribution in [0.2, 0.25) is 0 Å². The number of furan rings is 1. The average molecular weight is 230 g/mol. The molecule has 1 aromatic heterocycles. The maximum atomic E-state index is 11.0. The number of carbonyl (C=O) groups excluding carboxylic acids is 1. The first-order valence-corrected chi connectivity index (χ1v) is 5.39. The van der Waals surface area contributed by atoms with E-state index in [1.54, 1.807) is 0 Å². The molecule has 0 aliphatic heterocycles. The van der Waals surface area contributed by atoms with Gasteiger partial charge in [-0.25, -0.2) is 0 Å². The van der Waals surface area contributed by atoms with Gasteiger partial charge in [-0.2, -0.15) is 0 Å². The van der Waals surface area contributed by atoms with Crippen molar-refractivity contribution in [3.05, 3.63) is 23.7 Å². The summed E-state index contributed by atoms with van der Waals surface area (Å²) in [5.74, 6) is 1.58. The van der Waals surface area contributed by atoms with Crippen LogP contribution < -0.4 is 5.32 Å². The van der Waals surface area contributed by atoms with Crippen molar-refractivity contribution in [2.75, 3.05) is 12.4 Å². The zero-order chi connectivity index (χ0) is 11.5. The van der Waals surface area contributed by atoms with Gasteiger partial charge >= 0.3 is 0 Å². The largest absolute Gasteiger partial charge is 0.466 e. The van der Waals surface area contributed by atoms with E-state index in [1.165, 1.54) is 0 Å². The van der Waals surface area contributed by atoms with Crippen molar-refractivity contribution in [1.29, 1.82) is 0 Å². The molecule has 1 rings (SSSR count). The Bertz CT molecular complexity index is 344. The summed E-state index contributed by atoms with van der Waals surface area (Å²) in [5.41, 5.74) is -0.212. The Morgan fingerprint density at radius 1 is 1.53 bits per heavy atom. The van der Waals surface area contributed by atoms with Gasteiger partial charge in [0.15, 0.2) is 0 Å². The number of amides is 1. The highest BCUT2D eigenvalue weighted by Gasteiger charge is 2.24. The number of hydrogen-bond donors (Lipinski definition) is 1. The van der Waals surface area contributed by atoms with Gasteiger partial charge in [0.25, 0.3) is 0 Å². The van der Waals surface area contributed by atoms with Gasteiger partial charge in [0, 0.05) is 12.0 Å². The monoisotopic (exact) mass is 229 g/mol. The quantitative estimate of drug-likeness (QED) is 0.805. The molecule has 0 atom stereocenters. The van der Waals surface area contributed by atoms with E-state index in [9.17, 15) is 4.79 Å². The molecular weight excluding hydrogens is 214 g/mol. The lowest BCUT2D eigenvalue weighted by Crippen LogP contribution is -2.37. The van der Waals surface area contributed by atoms with Crippen molar-refractivity contribution in [1.82, 2.24) is 5.32 Å². The van der Waals surface area contributed by atoms with Crippen LogP contribution in [0.1, 0.15) is 25.4 Å². The first-order valence-electron chi connectivity index (χ1n) is 4.85. The molecule has 0 radical (unpaired) electrons. The second-order valence-electron chi connectivity index (χ2n) is 4.20. The van der Waals surface area contributed by atoms with Crippen LogP contribution in [0.3, 0.4) is 0 Å². The van der Waals surface area contributed by atoms with Crippen LogP contribution in [0.15, 0.2) is 16.5 Å². The molecule has 15 heavy (non-hydrogen) atoms. The van der Waals surface area contributed by atoms with Gasteiger partial charge in [-0.05, 0) is 19.1 Å². The Morgan fingerprint density at radius 3 is 2.67 bits per heavy atom. The summed E-state index contributed by atoms with van der Waals surface area (Å²) < 4.78 is 5.53. The second kappa shape index (κ2) is 4.71. The molecule has 1 heterocycles. The van der Waals surface area contributed by atoms with Crippen LogP contribution in [0.25, 0.3) is 0 Å². The van der Waals surface area contributed by atoms with Crippen LogP contribution in [0, 0.1) is 6.92 Å². The summed E-state index contributed by atoms with van der Waals surface area (Å²) in [5, 5.41) is 2.75. The minimum absolute atomic E-state index is 0.00668. The van der Waals surface area contributed by atoms with Crippen molar-refractivity contribution in [2.45, 2.75) is 26.2 Å². The Morgan fingerprint density at radius 2 is 2.20 bits per heavy atom. The molecule has 0 bridgehead atoms. The third-order valence-electron chi connectivity index (χ3n) is 2.26. The molecule has 0 unspecified atom stereocenters. The molecule has 1 N–H and O–H groups in total. The molecule has 1 aromatic rings. The fourth-order valence-corrected chi connectivity index (χ4v) is 1.35. The Balaban J connectivity index is 2.63. The van der Waals surface area contributed by atoms with Gasteiger partial charge in [0.2, 0.25) is 5.91 Å². The predicted molar refractivity (Wildman–Crippen MR) is 60.2 cm³/mol. The first kappa shape index (κ1) is 12.1. The first-order chi connectivity index (χ1) is 6.95. The SMILES string of the molecule is Cc1ccc(C(C)(C)CNC(=O)CCl)o1. The molecule has 3 nitrogen and oxygen atoms in total. The van der Waals surface area contributed by atoms with Gasteiger partial charge in [-0.1, -0.05) is 13.8 Å². The van der Waals surface area contributed by atoms with E-state index in [4.69, 9.17) is 16.0 Å². The molecule has 0 aliphatic rings. The molecule has 0 spiro atoms. The molecule has 0 aromatic carbocycles. The fraction of sp³-hybridized carbons (Fsp3) is 0.545. The van der Waals surface area contributed by atoms with Gasteiger partial charge in [-0.15, -0.1) is 11.6 Å². The van der Waals surface area contributed by atoms with Crippen LogP contribution in [-0.4, -0.2) is 18.3 Å². The Hall–Kier alpha value is -0.960. The van der Waals surface area contributed by atoms with E-state index in [1.807, 2.05) is 32.9 Å². The highest BCUT2D eigenvalue weighted by molar-refractivity contribution is 6.27. The summed E-state index contributed by atoms with van der Waals surface area (Å²) in [6, 6.07) is 3.85. The molecular formula is C11H16ClNO2. The lowest BCUT2D eigenvalue weighted by Gasteiger charge is -2.22. The van der Waals surface area contributed by atoms with E-state index >= 15 is 0 Å². The standard InChI is InChI=1S/C11H16ClNO2/c1-8-4-5-9(15-8)11(2,3)7-13-10(14)6-12/h4-5H,6-7H2,1-3H3,(H,13,14). The molecule has 4 heteroatoms. The average Bonchev–Trinajstić information content (AvgIpc) is 2.62. The van der Waals surface area contributed by atoms with E-state index in [-0.39, 0.29) is 17.2 Å². The number of carbonyl (C=O) groups is 1. The molecule has 84 valence electrons. The van der Waals surface area contributed by atoms with Gasteiger partial charge in [0.1, 0.15) is 17.4 Å². The van der Waals surface area contributed by atoms with Crippen LogP contribution >= 0.6 is 11.6 Å². The maximum absolute atomic E-state index is 11.0. The highest BCUT2D eigenvalue weighted by atomic mass is 35.5. The van der Waals surface area contributed by atoms with Crippen LogP contribution in [-0.2, 0) is 10.2 Å². The van der Waals surface area contributed by atoms with E-state index in [0.29, 0.717) is 6.54 Å². The summed E-state index contributed by atoms with van der Waals surface area (Å²) in [6.07, 6.45) is 0. The normalized spacial score (nSPS) is 11.5. The van der Waals surface area contributed by atoms with E-state index in [2.05, 4.69) is 5.32 Å². The number of hydrogen-bond acceptors (Lipinski definition) is 2. The maximum Gasteiger partial charge on any atom is 0.234 e. The highest BCUT2D eigenvalue weighted by Crippen LogP contribution is 2.24. The molecule has 0 fully saturated rings. The predicted octanol–water partition coefficient (Wildman–Crippen LogP) is 2.22. The molecule has 0 saturated carbocycles. The number of aryl methyl sites for hydroxylation is 1. The van der Waals surface area contributed by atoms with Crippen molar-refractivity contribution in [3.63, 3.8) is 0 Å². The Labute approximate surface area is 94.8 Å². The molecule has 0 aliphatic carbocycles. The third kappa shape index (κ3) is 3.27. The zero-order valence-corrected chi connectivity index (χ0v) is 10.0. The number of alkyl halides is 1. The third-order valence-corrected chi connectivity index (χ3v) is 2.50.